The second-order valence-electron chi connectivity index (χ2n) is 5.50. The Kier molecular flexibility index (Phi) is 6.08. The Labute approximate surface area is 131 Å². The first-order chi connectivity index (χ1) is 10.1. The summed E-state index contributed by atoms with van der Waals surface area (Å²) >= 11 is 1.75. The number of amides is 1. The molecule has 116 valence electrons. The number of carbonyl (C=O) groups excluding carboxylic acids is 1. The molecule has 0 saturated carbocycles. The maximum absolute atomic E-state index is 12.3. The SMILES string of the molecule is CSc1ccc(C(C)N(C)CC(=O)N2CCNCC2)cc1. The Bertz CT molecular complexity index is 457. The van der Waals surface area contributed by atoms with Crippen LogP contribution in [0.15, 0.2) is 29.2 Å². The third kappa shape index (κ3) is 4.46. The fourth-order valence-electron chi connectivity index (χ4n) is 2.50. The summed E-state index contributed by atoms with van der Waals surface area (Å²) in [4.78, 5) is 17.6. The van der Waals surface area contributed by atoms with Crippen LogP contribution >= 0.6 is 11.8 Å². The van der Waals surface area contributed by atoms with Crippen LogP contribution in [0.3, 0.4) is 0 Å². The summed E-state index contributed by atoms with van der Waals surface area (Å²) < 4.78 is 0. The Morgan fingerprint density at radius 2 is 1.95 bits per heavy atom. The summed E-state index contributed by atoms with van der Waals surface area (Å²) in [6, 6.07) is 8.84. The molecule has 4 nitrogen and oxygen atoms in total. The zero-order valence-electron chi connectivity index (χ0n) is 13.1. The van der Waals surface area contributed by atoms with Crippen molar-refractivity contribution >= 4 is 17.7 Å². The van der Waals surface area contributed by atoms with E-state index in [-0.39, 0.29) is 11.9 Å². The van der Waals surface area contributed by atoms with E-state index in [4.69, 9.17) is 0 Å². The van der Waals surface area contributed by atoms with Gasteiger partial charge in [0.15, 0.2) is 0 Å². The van der Waals surface area contributed by atoms with E-state index < -0.39 is 0 Å². The van der Waals surface area contributed by atoms with Crippen LogP contribution in [0.4, 0.5) is 0 Å². The lowest BCUT2D eigenvalue weighted by atomic mass is 10.1. The van der Waals surface area contributed by atoms with Crippen molar-refractivity contribution in [1.29, 1.82) is 0 Å². The number of benzene rings is 1. The minimum atomic E-state index is 0.228. The minimum Gasteiger partial charge on any atom is -0.339 e. The van der Waals surface area contributed by atoms with E-state index in [0.29, 0.717) is 6.54 Å². The fourth-order valence-corrected chi connectivity index (χ4v) is 2.91. The predicted octanol–water partition coefficient (Wildman–Crippen LogP) is 1.83. The number of piperazine rings is 1. The molecule has 0 spiro atoms. The number of hydrogen-bond donors (Lipinski definition) is 1. The average Bonchev–Trinajstić information content (AvgIpc) is 2.55. The van der Waals surface area contributed by atoms with Gasteiger partial charge >= 0.3 is 0 Å². The molecular weight excluding hydrogens is 282 g/mol. The van der Waals surface area contributed by atoms with Crippen LogP contribution in [0.2, 0.25) is 0 Å². The van der Waals surface area contributed by atoms with Gasteiger partial charge in [0.25, 0.3) is 0 Å². The summed E-state index contributed by atoms with van der Waals surface area (Å²) in [6.07, 6.45) is 2.08. The molecule has 0 bridgehead atoms. The van der Waals surface area contributed by atoms with Gasteiger partial charge in [-0.2, -0.15) is 0 Å². The van der Waals surface area contributed by atoms with Gasteiger partial charge in [0, 0.05) is 37.1 Å². The Morgan fingerprint density at radius 1 is 1.33 bits per heavy atom. The van der Waals surface area contributed by atoms with Crippen molar-refractivity contribution in [3.05, 3.63) is 29.8 Å². The standard InChI is InChI=1S/C16H25N3OS/c1-13(14-4-6-15(21-3)7-5-14)18(2)12-16(20)19-10-8-17-9-11-19/h4-7,13,17H,8-12H2,1-3H3. The molecule has 1 N–H and O–H groups in total. The topological polar surface area (TPSA) is 35.6 Å². The molecule has 5 heteroatoms. The zero-order valence-corrected chi connectivity index (χ0v) is 13.9. The van der Waals surface area contributed by atoms with Gasteiger partial charge in [-0.25, -0.2) is 0 Å². The van der Waals surface area contributed by atoms with Crippen molar-refractivity contribution in [2.45, 2.75) is 17.9 Å². The Hall–Kier alpha value is -1.04. The van der Waals surface area contributed by atoms with Crippen LogP contribution in [0, 0.1) is 0 Å². The second kappa shape index (κ2) is 7.82. The van der Waals surface area contributed by atoms with E-state index in [9.17, 15) is 4.79 Å². The normalized spacial score (nSPS) is 17.0. The first kappa shape index (κ1) is 16.3. The molecule has 1 aliphatic rings. The molecule has 1 amide bonds. The maximum Gasteiger partial charge on any atom is 0.236 e. The molecule has 0 radical (unpaired) electrons. The molecule has 1 unspecified atom stereocenters. The quantitative estimate of drug-likeness (QED) is 0.842. The lowest BCUT2D eigenvalue weighted by Gasteiger charge is -2.31. The van der Waals surface area contributed by atoms with Gasteiger partial charge < -0.3 is 10.2 Å². The number of thioether (sulfide) groups is 1. The minimum absolute atomic E-state index is 0.228. The highest BCUT2D eigenvalue weighted by Gasteiger charge is 2.20. The first-order valence-electron chi connectivity index (χ1n) is 7.44. The van der Waals surface area contributed by atoms with E-state index in [1.807, 2.05) is 11.9 Å². The number of hydrogen-bond acceptors (Lipinski definition) is 4. The van der Waals surface area contributed by atoms with Crippen LogP contribution in [0.25, 0.3) is 0 Å². The lowest BCUT2D eigenvalue weighted by molar-refractivity contribution is -0.133. The van der Waals surface area contributed by atoms with E-state index >= 15 is 0 Å². The molecule has 1 aromatic rings. The highest BCUT2D eigenvalue weighted by molar-refractivity contribution is 7.98. The third-order valence-electron chi connectivity index (χ3n) is 4.11. The fraction of sp³-hybridized carbons (Fsp3) is 0.562. The van der Waals surface area contributed by atoms with Crippen molar-refractivity contribution < 1.29 is 4.79 Å². The van der Waals surface area contributed by atoms with Crippen molar-refractivity contribution in [3.63, 3.8) is 0 Å². The largest absolute Gasteiger partial charge is 0.339 e. The van der Waals surface area contributed by atoms with Crippen molar-refractivity contribution in [1.82, 2.24) is 15.1 Å². The Morgan fingerprint density at radius 3 is 2.52 bits per heavy atom. The predicted molar refractivity (Wildman–Crippen MR) is 88.7 cm³/mol. The van der Waals surface area contributed by atoms with Crippen molar-refractivity contribution in [2.75, 3.05) is 46.0 Å². The van der Waals surface area contributed by atoms with Crippen LogP contribution in [-0.2, 0) is 4.79 Å². The van der Waals surface area contributed by atoms with Gasteiger partial charge in [0.1, 0.15) is 0 Å². The highest BCUT2D eigenvalue weighted by Crippen LogP contribution is 2.22. The maximum atomic E-state index is 12.3. The number of likely N-dealkylation sites (N-methyl/N-ethyl adjacent to an activating group) is 1. The molecule has 1 heterocycles. The van der Waals surface area contributed by atoms with Crippen LogP contribution in [0.5, 0.6) is 0 Å². The van der Waals surface area contributed by atoms with Crippen molar-refractivity contribution in [2.24, 2.45) is 0 Å². The molecule has 1 fully saturated rings. The number of rotatable bonds is 5. The van der Waals surface area contributed by atoms with Crippen LogP contribution < -0.4 is 5.32 Å². The van der Waals surface area contributed by atoms with E-state index in [1.165, 1.54) is 10.5 Å². The van der Waals surface area contributed by atoms with Gasteiger partial charge in [0.2, 0.25) is 5.91 Å². The first-order valence-corrected chi connectivity index (χ1v) is 8.67. The molecule has 1 aromatic carbocycles. The van der Waals surface area contributed by atoms with Gasteiger partial charge in [-0.3, -0.25) is 9.69 Å². The highest BCUT2D eigenvalue weighted by atomic mass is 32.2. The molecule has 1 atom stereocenters. The summed E-state index contributed by atoms with van der Waals surface area (Å²) in [5.74, 6) is 0.228. The summed E-state index contributed by atoms with van der Waals surface area (Å²) in [6.45, 7) is 6.08. The zero-order chi connectivity index (χ0) is 15.2. The molecule has 0 aliphatic carbocycles. The van der Waals surface area contributed by atoms with Crippen LogP contribution in [-0.4, -0.2) is 61.7 Å². The molecular formula is C16H25N3OS. The number of nitrogens with one attached hydrogen (secondary N) is 1. The second-order valence-corrected chi connectivity index (χ2v) is 6.37. The van der Waals surface area contributed by atoms with Gasteiger partial charge in [-0.15, -0.1) is 11.8 Å². The summed E-state index contributed by atoms with van der Waals surface area (Å²) in [7, 11) is 2.02. The molecule has 0 aromatic heterocycles. The van der Waals surface area contributed by atoms with E-state index in [0.717, 1.165) is 26.2 Å². The van der Waals surface area contributed by atoms with E-state index in [1.54, 1.807) is 11.8 Å². The Balaban J connectivity index is 1.91. The van der Waals surface area contributed by atoms with Gasteiger partial charge in [0.05, 0.1) is 6.54 Å². The monoisotopic (exact) mass is 307 g/mol. The number of nitrogens with zero attached hydrogens (tertiary/aromatic N) is 2. The molecule has 2 rings (SSSR count). The molecule has 21 heavy (non-hydrogen) atoms. The lowest BCUT2D eigenvalue weighted by Crippen LogP contribution is -2.49. The number of carbonyl (C=O) groups is 1. The molecule has 1 saturated heterocycles. The summed E-state index contributed by atoms with van der Waals surface area (Å²) in [5.41, 5.74) is 1.25. The van der Waals surface area contributed by atoms with Gasteiger partial charge in [-0.1, -0.05) is 12.1 Å². The smallest absolute Gasteiger partial charge is 0.236 e. The van der Waals surface area contributed by atoms with E-state index in [2.05, 4.69) is 47.7 Å². The van der Waals surface area contributed by atoms with Gasteiger partial charge in [-0.05, 0) is 37.9 Å². The summed E-state index contributed by atoms with van der Waals surface area (Å²) in [5, 5.41) is 3.27. The molecule has 1 aliphatic heterocycles. The van der Waals surface area contributed by atoms with Crippen molar-refractivity contribution in [3.8, 4) is 0 Å². The third-order valence-corrected chi connectivity index (χ3v) is 4.86. The van der Waals surface area contributed by atoms with Crippen LogP contribution in [0.1, 0.15) is 18.5 Å². The average molecular weight is 307 g/mol.